The van der Waals surface area contributed by atoms with Crippen molar-refractivity contribution in [1.82, 2.24) is 15.5 Å². The van der Waals surface area contributed by atoms with Gasteiger partial charge in [0, 0.05) is 11.3 Å². The van der Waals surface area contributed by atoms with E-state index in [2.05, 4.69) is 26.1 Å². The summed E-state index contributed by atoms with van der Waals surface area (Å²) in [6.45, 7) is 5.77. The van der Waals surface area contributed by atoms with E-state index in [1.165, 1.54) is 23.5 Å². The van der Waals surface area contributed by atoms with E-state index in [1.54, 1.807) is 18.2 Å². The van der Waals surface area contributed by atoms with Gasteiger partial charge >= 0.3 is 6.03 Å². The van der Waals surface area contributed by atoms with Crippen LogP contribution in [0.1, 0.15) is 25.8 Å². The van der Waals surface area contributed by atoms with E-state index < -0.39 is 12.1 Å². The van der Waals surface area contributed by atoms with E-state index in [9.17, 15) is 14.0 Å². The molecule has 0 saturated heterocycles. The number of rotatable bonds is 7. The minimum absolute atomic E-state index is 0.104. The normalized spacial score (nSPS) is 12.6. The van der Waals surface area contributed by atoms with Crippen molar-refractivity contribution in [2.45, 2.75) is 33.2 Å². The van der Waals surface area contributed by atoms with Gasteiger partial charge < -0.3 is 10.6 Å². The van der Waals surface area contributed by atoms with Crippen LogP contribution in [-0.4, -0.2) is 28.2 Å². The maximum absolute atomic E-state index is 13.1. The van der Waals surface area contributed by atoms with Crippen molar-refractivity contribution in [3.63, 3.8) is 0 Å². The Morgan fingerprint density at radius 3 is 2.52 bits per heavy atom. The molecule has 2 atom stereocenters. The molecular formula is C22H24FN5O2S. The van der Waals surface area contributed by atoms with Gasteiger partial charge in [-0.15, -0.1) is 10.2 Å². The Labute approximate surface area is 184 Å². The van der Waals surface area contributed by atoms with Crippen LogP contribution < -0.4 is 16.0 Å². The lowest BCUT2D eigenvalue weighted by molar-refractivity contribution is -0.119. The van der Waals surface area contributed by atoms with Gasteiger partial charge in [0.25, 0.3) is 0 Å². The fourth-order valence-electron chi connectivity index (χ4n) is 2.90. The summed E-state index contributed by atoms with van der Waals surface area (Å²) in [5.41, 5.74) is 2.37. The van der Waals surface area contributed by atoms with Crippen molar-refractivity contribution in [3.05, 3.63) is 59.9 Å². The maximum atomic E-state index is 13.1. The summed E-state index contributed by atoms with van der Waals surface area (Å²) in [5, 5.41) is 17.1. The summed E-state index contributed by atoms with van der Waals surface area (Å²) in [4.78, 5) is 25.4. The van der Waals surface area contributed by atoms with Gasteiger partial charge in [0.1, 0.15) is 16.9 Å². The van der Waals surface area contributed by atoms with Crippen molar-refractivity contribution in [1.29, 1.82) is 0 Å². The first-order valence-corrected chi connectivity index (χ1v) is 10.7. The zero-order chi connectivity index (χ0) is 22.4. The first-order valence-electron chi connectivity index (χ1n) is 9.90. The minimum Gasteiger partial charge on any atom is -0.326 e. The maximum Gasteiger partial charge on any atom is 0.319 e. The lowest BCUT2D eigenvalue weighted by Gasteiger charge is -2.23. The van der Waals surface area contributed by atoms with Crippen LogP contribution in [0, 0.1) is 18.7 Å². The third kappa shape index (κ3) is 6.08. The number of nitrogens with one attached hydrogen (secondary N) is 3. The van der Waals surface area contributed by atoms with Gasteiger partial charge in [-0.25, -0.2) is 9.18 Å². The van der Waals surface area contributed by atoms with Crippen LogP contribution in [0.5, 0.6) is 0 Å². The minimum atomic E-state index is -0.756. The number of hydrogen-bond acceptors (Lipinski definition) is 5. The summed E-state index contributed by atoms with van der Waals surface area (Å²) < 4.78 is 13.1. The number of halogens is 1. The molecule has 0 aliphatic carbocycles. The highest BCUT2D eigenvalue weighted by atomic mass is 32.1. The Kier molecular flexibility index (Phi) is 7.30. The first kappa shape index (κ1) is 22.4. The predicted molar refractivity (Wildman–Crippen MR) is 121 cm³/mol. The van der Waals surface area contributed by atoms with E-state index in [4.69, 9.17) is 0 Å². The van der Waals surface area contributed by atoms with Crippen LogP contribution in [0.15, 0.2) is 48.5 Å². The average molecular weight is 442 g/mol. The topological polar surface area (TPSA) is 96.0 Å². The molecule has 9 heteroatoms. The Bertz CT molecular complexity index is 1050. The molecule has 1 aromatic heterocycles. The molecule has 0 aliphatic rings. The summed E-state index contributed by atoms with van der Waals surface area (Å²) in [6, 6.07) is 12.1. The van der Waals surface area contributed by atoms with E-state index in [0.29, 0.717) is 27.8 Å². The van der Waals surface area contributed by atoms with Crippen LogP contribution in [0.3, 0.4) is 0 Å². The summed E-state index contributed by atoms with van der Waals surface area (Å²) >= 11 is 1.18. The van der Waals surface area contributed by atoms with Gasteiger partial charge in [0.2, 0.25) is 11.0 Å². The van der Waals surface area contributed by atoms with Crippen molar-refractivity contribution < 1.29 is 14.0 Å². The Morgan fingerprint density at radius 1 is 1.10 bits per heavy atom. The molecule has 2 aromatic carbocycles. The number of anilines is 2. The molecule has 0 radical (unpaired) electrons. The summed E-state index contributed by atoms with van der Waals surface area (Å²) in [6.07, 6.45) is 0.694. The van der Waals surface area contributed by atoms with Gasteiger partial charge in [-0.2, -0.15) is 0 Å². The van der Waals surface area contributed by atoms with E-state index >= 15 is 0 Å². The molecule has 0 saturated carbocycles. The number of aryl methyl sites for hydroxylation is 1. The molecule has 3 rings (SSSR count). The van der Waals surface area contributed by atoms with Crippen molar-refractivity contribution >= 4 is 34.1 Å². The largest absolute Gasteiger partial charge is 0.326 e. The number of aromatic nitrogens is 2. The number of amides is 3. The number of nitrogens with zero attached hydrogens (tertiary/aromatic N) is 2. The monoisotopic (exact) mass is 441 g/mol. The molecule has 7 nitrogen and oxygen atoms in total. The van der Waals surface area contributed by atoms with Crippen LogP contribution in [-0.2, 0) is 4.79 Å². The standard InChI is InChI=1S/C22H24FN5O2S/c1-4-14(3)18(25-21(30)24-17-7-5-6-13(2)12-17)19(29)26-22-28-27-20(31-22)15-8-10-16(23)11-9-15/h5-12,14,18H,4H2,1-3H3,(H2,24,25,30)(H,26,28,29). The van der Waals surface area contributed by atoms with E-state index in [1.807, 2.05) is 39.0 Å². The van der Waals surface area contributed by atoms with Gasteiger partial charge in [0.05, 0.1) is 0 Å². The molecule has 31 heavy (non-hydrogen) atoms. The quantitative estimate of drug-likeness (QED) is 0.489. The molecule has 2 unspecified atom stereocenters. The van der Waals surface area contributed by atoms with Crippen molar-refractivity contribution in [2.24, 2.45) is 5.92 Å². The van der Waals surface area contributed by atoms with Gasteiger partial charge in [-0.3, -0.25) is 10.1 Å². The van der Waals surface area contributed by atoms with Crippen LogP contribution >= 0.6 is 11.3 Å². The number of urea groups is 1. The summed E-state index contributed by atoms with van der Waals surface area (Å²) in [7, 11) is 0. The fourth-order valence-corrected chi connectivity index (χ4v) is 3.65. The molecule has 0 bridgehead atoms. The molecule has 3 amide bonds. The molecule has 0 aliphatic heterocycles. The lowest BCUT2D eigenvalue weighted by Crippen LogP contribution is -2.49. The number of hydrogen-bond donors (Lipinski definition) is 3. The molecular weight excluding hydrogens is 417 g/mol. The zero-order valence-electron chi connectivity index (χ0n) is 17.5. The van der Waals surface area contributed by atoms with E-state index in [0.717, 1.165) is 5.56 Å². The molecule has 162 valence electrons. The second-order valence-corrected chi connectivity index (χ2v) is 8.22. The molecule has 1 heterocycles. The Morgan fingerprint density at radius 2 is 1.84 bits per heavy atom. The highest BCUT2D eigenvalue weighted by Gasteiger charge is 2.27. The predicted octanol–water partition coefficient (Wildman–Crippen LogP) is 4.83. The van der Waals surface area contributed by atoms with Crippen molar-refractivity contribution in [3.8, 4) is 10.6 Å². The van der Waals surface area contributed by atoms with Crippen molar-refractivity contribution in [2.75, 3.05) is 10.6 Å². The fraction of sp³-hybridized carbons (Fsp3) is 0.273. The molecule has 0 spiro atoms. The third-order valence-corrected chi connectivity index (χ3v) is 5.69. The Balaban J connectivity index is 1.67. The highest BCUT2D eigenvalue weighted by molar-refractivity contribution is 7.18. The summed E-state index contributed by atoms with van der Waals surface area (Å²) in [5.74, 6) is -0.823. The molecule has 0 fully saturated rings. The third-order valence-electron chi connectivity index (χ3n) is 4.80. The SMILES string of the molecule is CCC(C)C(NC(=O)Nc1cccc(C)c1)C(=O)Nc1nnc(-c2ccc(F)cc2)s1. The van der Waals surface area contributed by atoms with Gasteiger partial charge in [-0.1, -0.05) is 43.7 Å². The zero-order valence-corrected chi connectivity index (χ0v) is 18.3. The average Bonchev–Trinajstić information content (AvgIpc) is 3.20. The number of carbonyl (C=O) groups is 2. The van der Waals surface area contributed by atoms with Gasteiger partial charge in [-0.05, 0) is 54.8 Å². The number of benzene rings is 2. The Hall–Kier alpha value is -3.33. The molecule has 3 aromatic rings. The molecule has 3 N–H and O–H groups in total. The second-order valence-electron chi connectivity index (χ2n) is 7.24. The van der Waals surface area contributed by atoms with Crippen LogP contribution in [0.25, 0.3) is 10.6 Å². The van der Waals surface area contributed by atoms with Crippen LogP contribution in [0.2, 0.25) is 0 Å². The smallest absolute Gasteiger partial charge is 0.319 e. The number of carbonyl (C=O) groups excluding carboxylic acids is 2. The highest BCUT2D eigenvalue weighted by Crippen LogP contribution is 2.26. The lowest BCUT2D eigenvalue weighted by atomic mass is 9.98. The van der Waals surface area contributed by atoms with Crippen LogP contribution in [0.4, 0.5) is 20.0 Å². The van der Waals surface area contributed by atoms with Gasteiger partial charge in [0.15, 0.2) is 0 Å². The first-order chi connectivity index (χ1) is 14.9. The second kappa shape index (κ2) is 10.1. The van der Waals surface area contributed by atoms with E-state index in [-0.39, 0.29) is 17.6 Å².